The lowest BCUT2D eigenvalue weighted by molar-refractivity contribution is -0.139. The van der Waals surface area contributed by atoms with Crippen molar-refractivity contribution in [2.24, 2.45) is 0 Å². The highest BCUT2D eigenvalue weighted by Gasteiger charge is 2.18. The number of rotatable bonds is 8. The van der Waals surface area contributed by atoms with Crippen molar-refractivity contribution in [2.45, 2.75) is 11.3 Å². The molecule has 142 valence electrons. The number of amides is 1. The highest BCUT2D eigenvalue weighted by atomic mass is 32.2. The fourth-order valence-corrected chi connectivity index (χ4v) is 3.11. The first-order valence-electron chi connectivity index (χ1n) is 7.95. The first-order chi connectivity index (χ1) is 12.9. The quantitative estimate of drug-likeness (QED) is 0.422. The lowest BCUT2D eigenvalue weighted by Crippen LogP contribution is -2.23. The van der Waals surface area contributed by atoms with E-state index < -0.39 is 22.0 Å². The molecular weight excluding hydrogens is 370 g/mol. The average Bonchev–Trinajstić information content (AvgIpc) is 2.67. The average molecular weight is 389 g/mol. The third kappa shape index (κ3) is 5.68. The van der Waals surface area contributed by atoms with Crippen molar-refractivity contribution < 1.29 is 26.9 Å². The van der Waals surface area contributed by atoms with Crippen molar-refractivity contribution in [2.75, 3.05) is 13.7 Å². The summed E-state index contributed by atoms with van der Waals surface area (Å²) >= 11 is 0. The first-order valence-corrected chi connectivity index (χ1v) is 9.36. The molecule has 1 amide bonds. The van der Waals surface area contributed by atoms with Gasteiger partial charge in [-0.3, -0.25) is 9.59 Å². The van der Waals surface area contributed by atoms with Crippen LogP contribution in [0.2, 0.25) is 0 Å². The number of ether oxygens (including phenoxy) is 1. The standard InChI is InChI=1S/C19H19NO6S/c1-3-11-20-19(22)15-5-4-6-17(13-15)27(23,24)26-16-9-7-14(8-10-16)12-18(21)25-2/h3-10,13H,1,11-12H2,2H3,(H,20,22). The molecule has 27 heavy (non-hydrogen) atoms. The van der Waals surface area contributed by atoms with Gasteiger partial charge in [-0.05, 0) is 35.9 Å². The van der Waals surface area contributed by atoms with E-state index in [9.17, 15) is 18.0 Å². The molecule has 0 heterocycles. The number of carbonyl (C=O) groups excluding carboxylic acids is 2. The van der Waals surface area contributed by atoms with E-state index >= 15 is 0 Å². The van der Waals surface area contributed by atoms with Crippen LogP contribution in [-0.4, -0.2) is 33.9 Å². The van der Waals surface area contributed by atoms with Crippen LogP contribution in [0, 0.1) is 0 Å². The number of hydrogen-bond acceptors (Lipinski definition) is 6. The molecule has 2 rings (SSSR count). The Balaban J connectivity index is 2.15. The van der Waals surface area contributed by atoms with Gasteiger partial charge in [0, 0.05) is 12.1 Å². The molecular formula is C19H19NO6S. The monoisotopic (exact) mass is 389 g/mol. The summed E-state index contributed by atoms with van der Waals surface area (Å²) in [7, 11) is -2.83. The maximum atomic E-state index is 12.5. The second-order valence-electron chi connectivity index (χ2n) is 5.46. The van der Waals surface area contributed by atoms with Crippen molar-refractivity contribution in [3.05, 3.63) is 72.3 Å². The minimum atomic E-state index is -4.12. The number of methoxy groups -OCH3 is 1. The lowest BCUT2D eigenvalue weighted by Gasteiger charge is -2.09. The Kier molecular flexibility index (Phi) is 6.73. The summed E-state index contributed by atoms with van der Waals surface area (Å²) in [5.74, 6) is -0.730. The molecule has 0 bridgehead atoms. The van der Waals surface area contributed by atoms with Crippen LogP contribution in [0.25, 0.3) is 0 Å². The molecule has 8 heteroatoms. The van der Waals surface area contributed by atoms with E-state index in [1.807, 2.05) is 0 Å². The van der Waals surface area contributed by atoms with E-state index in [4.69, 9.17) is 4.18 Å². The summed E-state index contributed by atoms with van der Waals surface area (Å²) in [6, 6.07) is 11.6. The van der Waals surface area contributed by atoms with Gasteiger partial charge in [0.25, 0.3) is 5.91 Å². The zero-order valence-corrected chi connectivity index (χ0v) is 15.5. The van der Waals surface area contributed by atoms with Gasteiger partial charge < -0.3 is 14.2 Å². The van der Waals surface area contributed by atoms with Crippen LogP contribution in [0.4, 0.5) is 0 Å². The molecule has 0 atom stereocenters. The van der Waals surface area contributed by atoms with Crippen LogP contribution in [0.1, 0.15) is 15.9 Å². The third-order valence-electron chi connectivity index (χ3n) is 3.50. The van der Waals surface area contributed by atoms with Gasteiger partial charge >= 0.3 is 16.1 Å². The van der Waals surface area contributed by atoms with Gasteiger partial charge in [0.1, 0.15) is 10.6 Å². The molecule has 0 saturated carbocycles. The topological polar surface area (TPSA) is 98.8 Å². The second kappa shape index (κ2) is 9.00. The summed E-state index contributed by atoms with van der Waals surface area (Å²) in [5.41, 5.74) is 0.849. The molecule has 0 saturated heterocycles. The van der Waals surface area contributed by atoms with E-state index in [1.165, 1.54) is 49.6 Å². The van der Waals surface area contributed by atoms with Gasteiger partial charge in [0.15, 0.2) is 0 Å². The predicted octanol–water partition coefficient (Wildman–Crippen LogP) is 2.09. The Morgan fingerprint density at radius 3 is 2.48 bits per heavy atom. The summed E-state index contributed by atoms with van der Waals surface area (Å²) in [6.45, 7) is 3.77. The fraction of sp³-hybridized carbons (Fsp3) is 0.158. The summed E-state index contributed by atoms with van der Waals surface area (Å²) in [6.07, 6.45) is 1.59. The Hall–Kier alpha value is -3.13. The zero-order chi connectivity index (χ0) is 19.9. The van der Waals surface area contributed by atoms with Crippen molar-refractivity contribution in [3.8, 4) is 5.75 Å². The van der Waals surface area contributed by atoms with E-state index in [-0.39, 0.29) is 29.2 Å². The molecule has 2 aromatic rings. The highest BCUT2D eigenvalue weighted by Crippen LogP contribution is 2.20. The summed E-state index contributed by atoms with van der Waals surface area (Å²) in [4.78, 5) is 23.1. The second-order valence-corrected chi connectivity index (χ2v) is 7.01. The molecule has 0 spiro atoms. The smallest absolute Gasteiger partial charge is 0.339 e. The van der Waals surface area contributed by atoms with Gasteiger partial charge in [-0.25, -0.2) is 0 Å². The minimum Gasteiger partial charge on any atom is -0.469 e. The fourth-order valence-electron chi connectivity index (χ4n) is 2.14. The summed E-state index contributed by atoms with van der Waals surface area (Å²) < 4.78 is 34.6. The van der Waals surface area contributed by atoms with Crippen molar-refractivity contribution >= 4 is 22.0 Å². The van der Waals surface area contributed by atoms with E-state index in [1.54, 1.807) is 12.1 Å². The van der Waals surface area contributed by atoms with Crippen LogP contribution in [0.15, 0.2) is 66.1 Å². The molecule has 0 aliphatic rings. The number of nitrogens with one attached hydrogen (secondary N) is 1. The SMILES string of the molecule is C=CCNC(=O)c1cccc(S(=O)(=O)Oc2ccc(CC(=O)OC)cc2)c1. The zero-order valence-electron chi connectivity index (χ0n) is 14.7. The maximum absolute atomic E-state index is 12.5. The predicted molar refractivity (Wildman–Crippen MR) is 98.9 cm³/mol. The third-order valence-corrected chi connectivity index (χ3v) is 4.74. The van der Waals surface area contributed by atoms with E-state index in [2.05, 4.69) is 16.6 Å². The van der Waals surface area contributed by atoms with Crippen molar-refractivity contribution in [1.82, 2.24) is 5.32 Å². The first kappa shape index (κ1) is 20.2. The van der Waals surface area contributed by atoms with Gasteiger partial charge in [0.2, 0.25) is 0 Å². The molecule has 0 aliphatic carbocycles. The number of esters is 1. The largest absolute Gasteiger partial charge is 0.469 e. The molecule has 0 aromatic heterocycles. The molecule has 0 aliphatic heterocycles. The Morgan fingerprint density at radius 2 is 1.85 bits per heavy atom. The van der Waals surface area contributed by atoms with Gasteiger partial charge in [-0.15, -0.1) is 6.58 Å². The molecule has 2 aromatic carbocycles. The number of carbonyl (C=O) groups is 2. The summed E-state index contributed by atoms with van der Waals surface area (Å²) in [5, 5.41) is 2.57. The van der Waals surface area contributed by atoms with E-state index in [0.29, 0.717) is 5.56 Å². The Bertz CT molecular complexity index is 935. The van der Waals surface area contributed by atoms with Crippen LogP contribution >= 0.6 is 0 Å². The number of benzene rings is 2. The van der Waals surface area contributed by atoms with Gasteiger partial charge in [-0.1, -0.05) is 24.3 Å². The molecule has 0 fully saturated rings. The van der Waals surface area contributed by atoms with Gasteiger partial charge in [-0.2, -0.15) is 8.42 Å². The lowest BCUT2D eigenvalue weighted by atomic mass is 10.1. The van der Waals surface area contributed by atoms with Crippen LogP contribution in [-0.2, 0) is 26.1 Å². The highest BCUT2D eigenvalue weighted by molar-refractivity contribution is 7.87. The molecule has 7 nitrogen and oxygen atoms in total. The van der Waals surface area contributed by atoms with Crippen molar-refractivity contribution in [1.29, 1.82) is 0 Å². The van der Waals surface area contributed by atoms with Gasteiger partial charge in [0.05, 0.1) is 13.5 Å². The Labute approximate surface area is 157 Å². The Morgan fingerprint density at radius 1 is 1.15 bits per heavy atom. The normalized spacial score (nSPS) is 10.7. The number of hydrogen-bond donors (Lipinski definition) is 1. The molecule has 1 N–H and O–H groups in total. The van der Waals surface area contributed by atoms with Crippen LogP contribution in [0.5, 0.6) is 5.75 Å². The van der Waals surface area contributed by atoms with Crippen molar-refractivity contribution in [3.63, 3.8) is 0 Å². The molecule has 0 radical (unpaired) electrons. The maximum Gasteiger partial charge on any atom is 0.339 e. The van der Waals surface area contributed by atoms with Crippen LogP contribution < -0.4 is 9.50 Å². The molecule has 0 unspecified atom stereocenters. The van der Waals surface area contributed by atoms with E-state index in [0.717, 1.165) is 0 Å². The van der Waals surface area contributed by atoms with Crippen LogP contribution in [0.3, 0.4) is 0 Å². The minimum absolute atomic E-state index is 0.0748.